The van der Waals surface area contributed by atoms with Crippen molar-refractivity contribution < 1.29 is 24.6 Å². The van der Waals surface area contributed by atoms with Crippen LogP contribution < -0.4 is 0 Å². The van der Waals surface area contributed by atoms with Gasteiger partial charge in [0.05, 0.1) is 10.2 Å². The van der Waals surface area contributed by atoms with Crippen LogP contribution in [0.2, 0.25) is 0 Å². The molecule has 3 rings (SSSR count). The monoisotopic (exact) mass is 412 g/mol. The van der Waals surface area contributed by atoms with Gasteiger partial charge in [-0.3, -0.25) is 9.69 Å². The van der Waals surface area contributed by atoms with Gasteiger partial charge in [0.25, 0.3) is 0 Å². The number of aromatic nitrogens is 1. The first-order valence-electron chi connectivity index (χ1n) is 7.17. The predicted octanol–water partition coefficient (Wildman–Crippen LogP) is 3.23. The molecule has 1 aliphatic rings. The third kappa shape index (κ3) is 2.78. The highest BCUT2D eigenvalue weighted by atomic mass is 79.9. The fraction of sp³-hybridized carbons (Fsp3) is 0.333. The number of halogens is 1. The maximum Gasteiger partial charge on any atom is 0.408 e. The van der Waals surface area contributed by atoms with Crippen molar-refractivity contribution in [2.75, 3.05) is 6.54 Å². The van der Waals surface area contributed by atoms with E-state index in [2.05, 4.69) is 20.9 Å². The molecule has 0 bridgehead atoms. The zero-order chi connectivity index (χ0) is 17.5. The van der Waals surface area contributed by atoms with E-state index in [1.807, 2.05) is 6.07 Å². The molecule has 1 aromatic heterocycles. The number of carbonyl (C=O) groups excluding carboxylic acids is 1. The molecule has 1 aromatic carbocycles. The first kappa shape index (κ1) is 16.8. The maximum atomic E-state index is 12.6. The van der Waals surface area contributed by atoms with Crippen LogP contribution in [0.15, 0.2) is 22.7 Å². The summed E-state index contributed by atoms with van der Waals surface area (Å²) >= 11 is 4.52. The summed E-state index contributed by atoms with van der Waals surface area (Å²) in [6.07, 6.45) is -1.19. The zero-order valence-corrected chi connectivity index (χ0v) is 14.8. The summed E-state index contributed by atoms with van der Waals surface area (Å²) in [5.41, 5.74) is -1.06. The number of likely N-dealkylation sites (tertiary alicyclic amines) is 1. The first-order chi connectivity index (χ1) is 11.3. The molecule has 1 amide bonds. The van der Waals surface area contributed by atoms with Gasteiger partial charge < -0.3 is 10.2 Å². The van der Waals surface area contributed by atoms with E-state index >= 15 is 0 Å². The topological polar surface area (TPSA) is 108 Å². The van der Waals surface area contributed by atoms with Crippen molar-refractivity contribution in [1.82, 2.24) is 9.88 Å². The Bertz CT molecular complexity index is 852. The molecule has 9 heteroatoms. The second-order valence-electron chi connectivity index (χ2n) is 5.61. The number of amides is 1. The summed E-state index contributed by atoms with van der Waals surface area (Å²) in [4.78, 5) is 40.8. The van der Waals surface area contributed by atoms with Gasteiger partial charge >= 0.3 is 12.1 Å². The van der Waals surface area contributed by atoms with E-state index in [9.17, 15) is 24.6 Å². The maximum absolute atomic E-state index is 12.6. The highest BCUT2D eigenvalue weighted by molar-refractivity contribution is 9.10. The van der Waals surface area contributed by atoms with Crippen LogP contribution in [0.4, 0.5) is 4.79 Å². The molecule has 0 saturated carbocycles. The average Bonchev–Trinajstić information content (AvgIpc) is 3.11. The first-order valence-corrected chi connectivity index (χ1v) is 8.78. The smallest absolute Gasteiger partial charge is 0.408 e. The molecule has 126 valence electrons. The largest absolute Gasteiger partial charge is 0.479 e. The second kappa shape index (κ2) is 6.14. The zero-order valence-electron chi connectivity index (χ0n) is 12.4. The Hall–Kier alpha value is -2.00. The number of carboxylic acid groups (broad SMARTS) is 2. The number of rotatable bonds is 4. The van der Waals surface area contributed by atoms with Gasteiger partial charge in [0.1, 0.15) is 0 Å². The molecule has 0 unspecified atom stereocenters. The number of hydrogen-bond acceptors (Lipinski definition) is 5. The number of carboxylic acids is 1. The number of carbonyl (C=O) groups is 3. The Kier molecular flexibility index (Phi) is 4.31. The Morgan fingerprint density at radius 1 is 1.33 bits per heavy atom. The van der Waals surface area contributed by atoms with E-state index in [4.69, 9.17) is 0 Å². The van der Waals surface area contributed by atoms with E-state index in [0.29, 0.717) is 11.9 Å². The van der Waals surface area contributed by atoms with Crippen molar-refractivity contribution in [2.24, 2.45) is 0 Å². The number of Topliss-reactive ketones (excluding diaryl/α,β-unsaturated/α-hetero) is 1. The van der Waals surface area contributed by atoms with Crippen LogP contribution in [0.25, 0.3) is 10.2 Å². The third-order valence-corrected chi connectivity index (χ3v) is 5.71. The molecule has 2 heterocycles. The third-order valence-electron chi connectivity index (χ3n) is 4.16. The highest BCUT2D eigenvalue weighted by Crippen LogP contribution is 2.35. The molecule has 0 spiro atoms. The van der Waals surface area contributed by atoms with Crippen molar-refractivity contribution in [3.8, 4) is 0 Å². The van der Waals surface area contributed by atoms with Crippen molar-refractivity contribution in [1.29, 1.82) is 0 Å². The van der Waals surface area contributed by atoms with Crippen molar-refractivity contribution in [3.05, 3.63) is 27.7 Å². The van der Waals surface area contributed by atoms with E-state index in [1.165, 1.54) is 11.3 Å². The second-order valence-corrected chi connectivity index (χ2v) is 7.55. The molecule has 2 N–H and O–H groups in total. The van der Waals surface area contributed by atoms with Crippen LogP contribution in [0.5, 0.6) is 0 Å². The number of benzene rings is 1. The molecule has 1 saturated heterocycles. The minimum Gasteiger partial charge on any atom is -0.479 e. The molecular weight excluding hydrogens is 400 g/mol. The number of ketones is 1. The number of thiazole rings is 1. The normalized spacial score (nSPS) is 20.5. The van der Waals surface area contributed by atoms with Crippen LogP contribution >= 0.6 is 27.3 Å². The fourth-order valence-corrected chi connectivity index (χ4v) is 4.45. The average molecular weight is 413 g/mol. The summed E-state index contributed by atoms with van der Waals surface area (Å²) in [5, 5.41) is 19.0. The van der Waals surface area contributed by atoms with Gasteiger partial charge in [0, 0.05) is 17.4 Å². The lowest BCUT2D eigenvalue weighted by atomic mass is 9.90. The van der Waals surface area contributed by atoms with E-state index < -0.39 is 29.8 Å². The molecule has 0 radical (unpaired) electrons. The van der Waals surface area contributed by atoms with Crippen LogP contribution in [-0.4, -0.2) is 50.0 Å². The lowest BCUT2D eigenvalue weighted by Gasteiger charge is -2.31. The van der Waals surface area contributed by atoms with Crippen molar-refractivity contribution >= 4 is 55.3 Å². The van der Waals surface area contributed by atoms with Gasteiger partial charge in [0.15, 0.2) is 16.3 Å². The van der Waals surface area contributed by atoms with Gasteiger partial charge in [-0.15, -0.1) is 11.3 Å². The summed E-state index contributed by atoms with van der Waals surface area (Å²) < 4.78 is 1.66. The molecule has 0 aliphatic carbocycles. The Labute approximate surface area is 149 Å². The van der Waals surface area contributed by atoms with Crippen LogP contribution in [-0.2, 0) is 4.79 Å². The minimum absolute atomic E-state index is 0.113. The van der Waals surface area contributed by atoms with E-state index in [1.54, 1.807) is 12.1 Å². The molecule has 2 aromatic rings. The fourth-order valence-electron chi connectivity index (χ4n) is 3.00. The quantitative estimate of drug-likeness (QED) is 0.746. The standard InChI is InChI=1S/C15H13BrN2O5S/c16-8-2-3-9-11(6-8)24-12(17-9)10(19)7-15(13(20)21)4-1-5-18(15)14(22)23/h2-3,6H,1,4-5,7H2,(H,20,21)(H,22,23)/t15-/m0/s1. The van der Waals surface area contributed by atoms with Gasteiger partial charge in [-0.1, -0.05) is 15.9 Å². The van der Waals surface area contributed by atoms with Crippen LogP contribution in [0.1, 0.15) is 29.1 Å². The molecule has 24 heavy (non-hydrogen) atoms. The SMILES string of the molecule is O=C(C[C@]1(C(=O)O)CCCN1C(=O)O)c1nc2ccc(Br)cc2s1. The Morgan fingerprint density at radius 2 is 2.08 bits per heavy atom. The van der Waals surface area contributed by atoms with Gasteiger partial charge in [-0.05, 0) is 31.0 Å². The molecule has 1 atom stereocenters. The van der Waals surface area contributed by atoms with Crippen molar-refractivity contribution in [2.45, 2.75) is 24.8 Å². The van der Waals surface area contributed by atoms with Gasteiger partial charge in [0.2, 0.25) is 0 Å². The number of hydrogen-bond donors (Lipinski definition) is 2. The van der Waals surface area contributed by atoms with E-state index in [0.717, 1.165) is 14.1 Å². The Balaban J connectivity index is 1.93. The van der Waals surface area contributed by atoms with Crippen molar-refractivity contribution in [3.63, 3.8) is 0 Å². The summed E-state index contributed by atoms with van der Waals surface area (Å²) in [7, 11) is 0. The van der Waals surface area contributed by atoms with Crippen LogP contribution in [0.3, 0.4) is 0 Å². The van der Waals surface area contributed by atoms with Gasteiger partial charge in [-0.25, -0.2) is 14.6 Å². The molecular formula is C15H13BrN2O5S. The molecule has 1 fully saturated rings. The Morgan fingerprint density at radius 3 is 2.75 bits per heavy atom. The summed E-state index contributed by atoms with van der Waals surface area (Å²) in [6, 6.07) is 5.40. The number of nitrogens with zero attached hydrogens (tertiary/aromatic N) is 2. The summed E-state index contributed by atoms with van der Waals surface area (Å²) in [5.74, 6) is -1.75. The van der Waals surface area contributed by atoms with Gasteiger partial charge in [-0.2, -0.15) is 0 Å². The number of aliphatic carboxylic acids is 1. The number of fused-ring (bicyclic) bond motifs is 1. The lowest BCUT2D eigenvalue weighted by molar-refractivity contribution is -0.148. The van der Waals surface area contributed by atoms with E-state index in [-0.39, 0.29) is 18.0 Å². The lowest BCUT2D eigenvalue weighted by Crippen LogP contribution is -2.53. The van der Waals surface area contributed by atoms with Crippen LogP contribution in [0, 0.1) is 0 Å². The predicted molar refractivity (Wildman–Crippen MR) is 90.6 cm³/mol. The molecule has 1 aliphatic heterocycles. The highest BCUT2D eigenvalue weighted by Gasteiger charge is 2.51. The minimum atomic E-state index is -1.71. The molecule has 7 nitrogen and oxygen atoms in total. The summed E-state index contributed by atoms with van der Waals surface area (Å²) in [6.45, 7) is 0.113.